The fraction of sp³-hybridized carbons (Fsp3) is 0.500. The van der Waals surface area contributed by atoms with Crippen LogP contribution < -0.4 is 10.6 Å². The Morgan fingerprint density at radius 3 is 2.89 bits per heavy atom. The first-order valence-corrected chi connectivity index (χ1v) is 7.46. The number of methoxy groups -OCH3 is 1. The van der Waals surface area contributed by atoms with E-state index in [1.807, 2.05) is 23.9 Å². The number of rotatable bonds is 2. The van der Waals surface area contributed by atoms with Crippen molar-refractivity contribution in [2.24, 2.45) is 0 Å². The summed E-state index contributed by atoms with van der Waals surface area (Å²) in [6.45, 7) is 5.37. The highest BCUT2D eigenvalue weighted by Crippen LogP contribution is 2.34. The van der Waals surface area contributed by atoms with Gasteiger partial charge in [0, 0.05) is 23.6 Å². The number of ether oxygens (including phenoxy) is 1. The van der Waals surface area contributed by atoms with E-state index in [1.165, 1.54) is 7.11 Å². The molecule has 1 aliphatic rings. The van der Waals surface area contributed by atoms with Crippen molar-refractivity contribution in [1.29, 1.82) is 0 Å². The lowest BCUT2D eigenvalue weighted by molar-refractivity contribution is 0.0602. The summed E-state index contributed by atoms with van der Waals surface area (Å²) >= 11 is 1.97. The molecule has 0 aromatic heterocycles. The van der Waals surface area contributed by atoms with Crippen molar-refractivity contribution in [2.75, 3.05) is 30.0 Å². The van der Waals surface area contributed by atoms with Crippen LogP contribution in [0.2, 0.25) is 0 Å². The zero-order chi connectivity index (χ0) is 14.0. The number of anilines is 2. The number of carbonyl (C=O) groups is 1. The monoisotopic (exact) mass is 280 g/mol. The minimum atomic E-state index is -0.383. The second-order valence-corrected chi connectivity index (χ2v) is 6.23. The minimum Gasteiger partial charge on any atom is -0.465 e. The number of nitrogen functional groups attached to an aromatic ring is 1. The first-order chi connectivity index (χ1) is 9.06. The van der Waals surface area contributed by atoms with Crippen LogP contribution in [0.1, 0.15) is 24.2 Å². The number of para-hydroxylation sites is 1. The van der Waals surface area contributed by atoms with E-state index in [4.69, 9.17) is 10.5 Å². The molecule has 0 aliphatic carbocycles. The topological polar surface area (TPSA) is 55.6 Å². The van der Waals surface area contributed by atoms with Gasteiger partial charge in [0.2, 0.25) is 0 Å². The number of hydrogen-bond acceptors (Lipinski definition) is 5. The summed E-state index contributed by atoms with van der Waals surface area (Å²) in [4.78, 5) is 14.0. The number of nitrogens with two attached hydrogens (primary N) is 1. The average Bonchev–Trinajstić information content (AvgIpc) is 2.42. The molecule has 1 saturated heterocycles. The molecule has 0 saturated carbocycles. The molecule has 1 aromatic rings. The molecule has 4 nitrogen and oxygen atoms in total. The van der Waals surface area contributed by atoms with Gasteiger partial charge in [0.1, 0.15) is 0 Å². The van der Waals surface area contributed by atoms with Crippen LogP contribution in [0.15, 0.2) is 18.2 Å². The van der Waals surface area contributed by atoms with Crippen molar-refractivity contribution in [3.05, 3.63) is 23.8 Å². The molecule has 0 amide bonds. The van der Waals surface area contributed by atoms with Crippen molar-refractivity contribution in [1.82, 2.24) is 0 Å². The van der Waals surface area contributed by atoms with Crippen LogP contribution in [0.5, 0.6) is 0 Å². The second-order valence-electron chi connectivity index (χ2n) is 4.74. The van der Waals surface area contributed by atoms with Gasteiger partial charge in [-0.15, -0.1) is 0 Å². The lowest BCUT2D eigenvalue weighted by Crippen LogP contribution is -2.45. The van der Waals surface area contributed by atoms with Crippen LogP contribution in [0.3, 0.4) is 0 Å². The molecule has 5 heteroatoms. The average molecular weight is 280 g/mol. The third-order valence-corrected chi connectivity index (χ3v) is 5.02. The Labute approximate surface area is 118 Å². The second kappa shape index (κ2) is 5.74. The molecule has 2 N–H and O–H groups in total. The molecular formula is C14H20N2O2S. The van der Waals surface area contributed by atoms with Gasteiger partial charge in [0.25, 0.3) is 0 Å². The molecule has 1 aliphatic heterocycles. The summed E-state index contributed by atoms with van der Waals surface area (Å²) in [7, 11) is 1.37. The Kier molecular flexibility index (Phi) is 4.24. The Morgan fingerprint density at radius 1 is 1.47 bits per heavy atom. The Bertz CT molecular complexity index is 479. The van der Waals surface area contributed by atoms with E-state index in [-0.39, 0.29) is 5.97 Å². The zero-order valence-corrected chi connectivity index (χ0v) is 12.4. The summed E-state index contributed by atoms with van der Waals surface area (Å²) in [6, 6.07) is 5.93. The number of esters is 1. The number of carbonyl (C=O) groups excluding carboxylic acids is 1. The minimum absolute atomic E-state index is 0.383. The van der Waals surface area contributed by atoms with Crippen molar-refractivity contribution in [3.8, 4) is 0 Å². The first kappa shape index (κ1) is 14.1. The van der Waals surface area contributed by atoms with E-state index in [0.29, 0.717) is 22.5 Å². The van der Waals surface area contributed by atoms with Crippen molar-refractivity contribution >= 4 is 29.1 Å². The van der Waals surface area contributed by atoms with E-state index < -0.39 is 0 Å². The molecule has 1 aromatic carbocycles. The van der Waals surface area contributed by atoms with Crippen LogP contribution in [0.4, 0.5) is 11.4 Å². The van der Waals surface area contributed by atoms with Crippen LogP contribution in [-0.4, -0.2) is 36.7 Å². The van der Waals surface area contributed by atoms with E-state index in [1.54, 1.807) is 6.07 Å². The van der Waals surface area contributed by atoms with Gasteiger partial charge in [-0.3, -0.25) is 0 Å². The van der Waals surface area contributed by atoms with Crippen LogP contribution in [-0.2, 0) is 4.74 Å². The van der Waals surface area contributed by atoms with Gasteiger partial charge in [-0.25, -0.2) is 4.79 Å². The van der Waals surface area contributed by atoms with E-state index >= 15 is 0 Å². The molecule has 0 radical (unpaired) electrons. The predicted molar refractivity (Wildman–Crippen MR) is 80.9 cm³/mol. The molecule has 2 rings (SSSR count). The number of benzene rings is 1. The predicted octanol–water partition coefficient (Wildman–Crippen LogP) is 2.39. The molecular weight excluding hydrogens is 260 g/mol. The molecule has 0 bridgehead atoms. The van der Waals surface area contributed by atoms with Gasteiger partial charge in [-0.05, 0) is 19.1 Å². The summed E-state index contributed by atoms with van der Waals surface area (Å²) < 4.78 is 4.77. The highest BCUT2D eigenvalue weighted by atomic mass is 32.2. The smallest absolute Gasteiger partial charge is 0.340 e. The number of hydrogen-bond donors (Lipinski definition) is 1. The van der Waals surface area contributed by atoms with Crippen molar-refractivity contribution in [2.45, 2.75) is 25.1 Å². The summed E-state index contributed by atoms with van der Waals surface area (Å²) in [5.41, 5.74) is 8.04. The largest absolute Gasteiger partial charge is 0.465 e. The molecule has 0 spiro atoms. The van der Waals surface area contributed by atoms with Gasteiger partial charge >= 0.3 is 5.97 Å². The highest BCUT2D eigenvalue weighted by molar-refractivity contribution is 8.00. The standard InChI is InChI=1S/C14H20N2O2S/c1-9-10(2)19-8-7-16(9)12-6-4-5-11(13(12)15)14(17)18-3/h4-6,9-10H,7-8,15H2,1-3H3. The summed E-state index contributed by atoms with van der Waals surface area (Å²) in [6.07, 6.45) is 0. The number of thioether (sulfide) groups is 1. The van der Waals surface area contributed by atoms with Gasteiger partial charge in [0.15, 0.2) is 0 Å². The van der Waals surface area contributed by atoms with Gasteiger partial charge in [0.05, 0.1) is 24.0 Å². The maximum atomic E-state index is 11.7. The fourth-order valence-corrected chi connectivity index (χ4v) is 3.46. The molecule has 1 heterocycles. The quantitative estimate of drug-likeness (QED) is 0.666. The normalized spacial score (nSPS) is 23.2. The van der Waals surface area contributed by atoms with Crippen LogP contribution in [0.25, 0.3) is 0 Å². The van der Waals surface area contributed by atoms with E-state index in [2.05, 4.69) is 18.7 Å². The van der Waals surface area contributed by atoms with E-state index in [0.717, 1.165) is 18.0 Å². The summed E-state index contributed by atoms with van der Waals surface area (Å²) in [5.74, 6) is 0.694. The molecule has 1 fully saturated rings. The van der Waals surface area contributed by atoms with Crippen LogP contribution in [0, 0.1) is 0 Å². The lowest BCUT2D eigenvalue weighted by atomic mass is 10.1. The van der Waals surface area contributed by atoms with E-state index in [9.17, 15) is 4.79 Å². The lowest BCUT2D eigenvalue weighted by Gasteiger charge is -2.39. The number of nitrogens with zero attached hydrogens (tertiary/aromatic N) is 1. The van der Waals surface area contributed by atoms with Crippen LogP contribution >= 0.6 is 11.8 Å². The van der Waals surface area contributed by atoms with Crippen molar-refractivity contribution in [3.63, 3.8) is 0 Å². The maximum absolute atomic E-state index is 11.7. The maximum Gasteiger partial charge on any atom is 0.340 e. The van der Waals surface area contributed by atoms with Gasteiger partial charge in [-0.2, -0.15) is 11.8 Å². The Hall–Kier alpha value is -1.36. The Morgan fingerprint density at radius 2 is 2.21 bits per heavy atom. The van der Waals surface area contributed by atoms with Gasteiger partial charge in [-0.1, -0.05) is 13.0 Å². The summed E-state index contributed by atoms with van der Waals surface area (Å²) in [5, 5.41) is 0.551. The zero-order valence-electron chi connectivity index (χ0n) is 11.6. The molecule has 2 atom stereocenters. The fourth-order valence-electron chi connectivity index (χ4n) is 2.36. The molecule has 19 heavy (non-hydrogen) atoms. The molecule has 104 valence electrons. The third kappa shape index (κ3) is 2.66. The molecule has 2 unspecified atom stereocenters. The van der Waals surface area contributed by atoms with Crippen molar-refractivity contribution < 1.29 is 9.53 Å². The third-order valence-electron chi connectivity index (χ3n) is 3.68. The SMILES string of the molecule is COC(=O)c1cccc(N2CCSC(C)C2C)c1N. The first-order valence-electron chi connectivity index (χ1n) is 6.41. The Balaban J connectivity index is 2.37. The highest BCUT2D eigenvalue weighted by Gasteiger charge is 2.27. The van der Waals surface area contributed by atoms with Gasteiger partial charge < -0.3 is 15.4 Å².